The summed E-state index contributed by atoms with van der Waals surface area (Å²) in [4.78, 5) is 3.11. The Morgan fingerprint density at radius 3 is 2.92 bits per heavy atom. The van der Waals surface area contributed by atoms with Gasteiger partial charge in [0.2, 0.25) is 0 Å². The molecule has 3 heteroatoms. The predicted octanol–water partition coefficient (Wildman–Crippen LogP) is 2.82. The molecule has 3 N–H and O–H groups in total. The second-order valence-corrected chi connectivity index (χ2v) is 3.77. The van der Waals surface area contributed by atoms with Gasteiger partial charge in [0.05, 0.1) is 11.2 Å². The fourth-order valence-electron chi connectivity index (χ4n) is 1.34. The summed E-state index contributed by atoms with van der Waals surface area (Å²) >= 11 is 3.47. The molecule has 1 heterocycles. The van der Waals surface area contributed by atoms with Crippen molar-refractivity contribution in [1.29, 1.82) is 0 Å². The van der Waals surface area contributed by atoms with Crippen molar-refractivity contribution in [2.45, 2.75) is 6.92 Å². The number of nitrogens with one attached hydrogen (secondary N) is 1. The number of aryl methyl sites for hydroxylation is 1. The van der Waals surface area contributed by atoms with Gasteiger partial charge in [-0.25, -0.2) is 0 Å². The van der Waals surface area contributed by atoms with Gasteiger partial charge in [0, 0.05) is 16.1 Å². The lowest BCUT2D eigenvalue weighted by atomic mass is 10.2. The van der Waals surface area contributed by atoms with Crippen molar-refractivity contribution < 1.29 is 0 Å². The van der Waals surface area contributed by atoms with E-state index < -0.39 is 0 Å². The van der Waals surface area contributed by atoms with Crippen LogP contribution in [0.2, 0.25) is 0 Å². The Kier molecular flexibility index (Phi) is 1.61. The first-order valence-electron chi connectivity index (χ1n) is 3.71. The largest absolute Gasteiger partial charge is 0.397 e. The van der Waals surface area contributed by atoms with Crippen LogP contribution in [0.4, 0.5) is 5.69 Å². The lowest BCUT2D eigenvalue weighted by Crippen LogP contribution is -1.81. The highest BCUT2D eigenvalue weighted by Crippen LogP contribution is 2.28. The van der Waals surface area contributed by atoms with E-state index in [2.05, 4.69) is 40.0 Å². The van der Waals surface area contributed by atoms with Gasteiger partial charge in [-0.05, 0) is 40.5 Å². The summed E-state index contributed by atoms with van der Waals surface area (Å²) in [5.74, 6) is 0. The van der Waals surface area contributed by atoms with Crippen molar-refractivity contribution in [1.82, 2.24) is 4.98 Å². The van der Waals surface area contributed by atoms with Gasteiger partial charge in [0.1, 0.15) is 0 Å². The van der Waals surface area contributed by atoms with E-state index in [1.165, 1.54) is 5.56 Å². The fraction of sp³-hybridized carbons (Fsp3) is 0.111. The zero-order valence-corrected chi connectivity index (χ0v) is 8.27. The number of fused-ring (bicyclic) bond motifs is 1. The smallest absolute Gasteiger partial charge is 0.0619 e. The fourth-order valence-corrected chi connectivity index (χ4v) is 2.03. The summed E-state index contributed by atoms with van der Waals surface area (Å²) < 4.78 is 1.06. The number of hydrogen-bond donors (Lipinski definition) is 2. The Morgan fingerprint density at radius 1 is 1.42 bits per heavy atom. The minimum Gasteiger partial charge on any atom is -0.397 e. The standard InChI is InChI=1S/C9H9BrN2/c1-5-2-6-8(11)4-12-9(6)7(10)3-5/h2-4,12H,11H2,1H3. The molecule has 0 atom stereocenters. The molecule has 1 aromatic carbocycles. The highest BCUT2D eigenvalue weighted by atomic mass is 79.9. The number of nitrogens with two attached hydrogens (primary N) is 1. The van der Waals surface area contributed by atoms with Gasteiger partial charge < -0.3 is 10.7 Å². The number of rotatable bonds is 0. The van der Waals surface area contributed by atoms with Crippen LogP contribution in [0.25, 0.3) is 10.9 Å². The molecule has 0 bridgehead atoms. The van der Waals surface area contributed by atoms with Crippen molar-refractivity contribution in [3.05, 3.63) is 28.4 Å². The maximum absolute atomic E-state index is 5.76. The van der Waals surface area contributed by atoms with Crippen molar-refractivity contribution in [2.75, 3.05) is 5.73 Å². The third-order valence-corrected chi connectivity index (χ3v) is 2.54. The van der Waals surface area contributed by atoms with Gasteiger partial charge in [0.25, 0.3) is 0 Å². The van der Waals surface area contributed by atoms with E-state index in [-0.39, 0.29) is 0 Å². The molecule has 0 aliphatic carbocycles. The van der Waals surface area contributed by atoms with Crippen molar-refractivity contribution in [3.63, 3.8) is 0 Å². The number of halogens is 1. The SMILES string of the molecule is Cc1cc(Br)c2[nH]cc(N)c2c1. The number of anilines is 1. The van der Waals surface area contributed by atoms with E-state index in [9.17, 15) is 0 Å². The highest BCUT2D eigenvalue weighted by molar-refractivity contribution is 9.10. The van der Waals surface area contributed by atoms with Crippen LogP contribution in [0.5, 0.6) is 0 Å². The molecular formula is C9H9BrN2. The van der Waals surface area contributed by atoms with Crippen LogP contribution in [0.1, 0.15) is 5.56 Å². The molecule has 1 aromatic heterocycles. The van der Waals surface area contributed by atoms with Gasteiger partial charge in [0.15, 0.2) is 0 Å². The molecule has 0 aliphatic rings. The van der Waals surface area contributed by atoms with E-state index in [1.54, 1.807) is 0 Å². The van der Waals surface area contributed by atoms with E-state index in [1.807, 2.05) is 6.20 Å². The number of H-pyrrole nitrogens is 1. The topological polar surface area (TPSA) is 41.8 Å². The Labute approximate surface area is 78.9 Å². The van der Waals surface area contributed by atoms with Gasteiger partial charge in [-0.3, -0.25) is 0 Å². The molecule has 0 spiro atoms. The first-order chi connectivity index (χ1) is 5.68. The molecule has 2 nitrogen and oxygen atoms in total. The molecule has 0 saturated carbocycles. The minimum atomic E-state index is 0.800. The highest BCUT2D eigenvalue weighted by Gasteiger charge is 2.03. The summed E-state index contributed by atoms with van der Waals surface area (Å²) in [5.41, 5.74) is 8.84. The number of aromatic amines is 1. The number of hydrogen-bond acceptors (Lipinski definition) is 1. The molecule has 0 fully saturated rings. The molecular weight excluding hydrogens is 216 g/mol. The van der Waals surface area contributed by atoms with E-state index in [0.717, 1.165) is 21.1 Å². The van der Waals surface area contributed by atoms with Crippen molar-refractivity contribution in [3.8, 4) is 0 Å². The maximum Gasteiger partial charge on any atom is 0.0619 e. The maximum atomic E-state index is 5.76. The van der Waals surface area contributed by atoms with Crippen LogP contribution in [-0.4, -0.2) is 4.98 Å². The van der Waals surface area contributed by atoms with E-state index in [0.29, 0.717) is 0 Å². The first kappa shape index (κ1) is 7.68. The van der Waals surface area contributed by atoms with E-state index >= 15 is 0 Å². The Hall–Kier alpha value is -0.960. The van der Waals surface area contributed by atoms with Crippen LogP contribution < -0.4 is 5.73 Å². The molecule has 12 heavy (non-hydrogen) atoms. The molecule has 2 aromatic rings. The number of benzene rings is 1. The average molecular weight is 225 g/mol. The molecule has 0 unspecified atom stereocenters. The normalized spacial score (nSPS) is 10.8. The summed E-state index contributed by atoms with van der Waals surface area (Å²) in [6.07, 6.45) is 1.81. The summed E-state index contributed by atoms with van der Waals surface area (Å²) in [6.45, 7) is 2.05. The second kappa shape index (κ2) is 2.52. The predicted molar refractivity (Wildman–Crippen MR) is 55.1 cm³/mol. The first-order valence-corrected chi connectivity index (χ1v) is 4.50. The summed E-state index contributed by atoms with van der Waals surface area (Å²) in [6, 6.07) is 4.14. The van der Waals surface area contributed by atoms with Gasteiger partial charge >= 0.3 is 0 Å². The lowest BCUT2D eigenvalue weighted by Gasteiger charge is -1.97. The Balaban J connectivity index is 2.92. The second-order valence-electron chi connectivity index (χ2n) is 2.91. The molecule has 0 saturated heterocycles. The average Bonchev–Trinajstić information content (AvgIpc) is 2.33. The summed E-state index contributed by atoms with van der Waals surface area (Å²) in [5, 5.41) is 1.09. The Morgan fingerprint density at radius 2 is 2.17 bits per heavy atom. The number of nitrogen functional groups attached to an aromatic ring is 1. The van der Waals surface area contributed by atoms with E-state index in [4.69, 9.17) is 5.73 Å². The molecule has 62 valence electrons. The lowest BCUT2D eigenvalue weighted by molar-refractivity contribution is 1.44. The molecule has 2 rings (SSSR count). The van der Waals surface area contributed by atoms with Gasteiger partial charge in [-0.15, -0.1) is 0 Å². The Bertz CT molecular complexity index is 431. The van der Waals surface area contributed by atoms with Crippen LogP contribution in [0.3, 0.4) is 0 Å². The van der Waals surface area contributed by atoms with Crippen molar-refractivity contribution in [2.24, 2.45) is 0 Å². The van der Waals surface area contributed by atoms with Gasteiger partial charge in [-0.2, -0.15) is 0 Å². The monoisotopic (exact) mass is 224 g/mol. The van der Waals surface area contributed by atoms with Crippen molar-refractivity contribution >= 4 is 32.5 Å². The van der Waals surface area contributed by atoms with Crippen LogP contribution >= 0.6 is 15.9 Å². The third kappa shape index (κ3) is 1.01. The van der Waals surface area contributed by atoms with Crippen LogP contribution in [0.15, 0.2) is 22.8 Å². The number of aromatic nitrogens is 1. The van der Waals surface area contributed by atoms with Crippen LogP contribution in [-0.2, 0) is 0 Å². The van der Waals surface area contributed by atoms with Gasteiger partial charge in [-0.1, -0.05) is 0 Å². The van der Waals surface area contributed by atoms with Crippen LogP contribution in [0, 0.1) is 6.92 Å². The quantitative estimate of drug-likeness (QED) is 0.711. The minimum absolute atomic E-state index is 0.800. The zero-order valence-electron chi connectivity index (χ0n) is 6.69. The molecule has 0 amide bonds. The zero-order chi connectivity index (χ0) is 8.72. The molecule has 0 aliphatic heterocycles. The third-order valence-electron chi connectivity index (χ3n) is 1.92. The molecule has 0 radical (unpaired) electrons. The summed E-state index contributed by atoms with van der Waals surface area (Å²) in [7, 11) is 0.